The van der Waals surface area contributed by atoms with Crippen LogP contribution in [0.1, 0.15) is 70.8 Å². The Bertz CT molecular complexity index is 1340. The van der Waals surface area contributed by atoms with Gasteiger partial charge >= 0.3 is 5.97 Å². The zero-order chi connectivity index (χ0) is 33.5. The number of carbonyl (C=O) groups excluding carboxylic acids is 4. The molecule has 0 radical (unpaired) electrons. The van der Waals surface area contributed by atoms with Crippen molar-refractivity contribution in [2.75, 3.05) is 13.7 Å². The van der Waals surface area contributed by atoms with Crippen molar-refractivity contribution < 1.29 is 28.7 Å². The molecule has 0 saturated carbocycles. The molecule has 8 nitrogen and oxygen atoms in total. The normalized spacial score (nSPS) is 17.5. The Kier molecular flexibility index (Phi) is 17.8. The largest absolute Gasteiger partial charge is 0.469 e. The van der Waals surface area contributed by atoms with Crippen molar-refractivity contribution in [1.82, 2.24) is 10.6 Å². The molecule has 246 valence electrons. The summed E-state index contributed by atoms with van der Waals surface area (Å²) in [5.74, 6) is -2.25. The quantitative estimate of drug-likeness (QED) is 0.124. The lowest BCUT2D eigenvalue weighted by Crippen LogP contribution is -2.49. The molecular formula is C38H48N2O6. The van der Waals surface area contributed by atoms with Crippen LogP contribution in [0.5, 0.6) is 0 Å². The third kappa shape index (κ3) is 13.9. The maximum atomic E-state index is 12.7. The summed E-state index contributed by atoms with van der Waals surface area (Å²) in [5, 5.41) is 5.15. The van der Waals surface area contributed by atoms with E-state index in [-0.39, 0.29) is 30.4 Å². The van der Waals surface area contributed by atoms with Gasteiger partial charge in [0.1, 0.15) is 6.04 Å². The predicted molar refractivity (Wildman–Crippen MR) is 182 cm³/mol. The van der Waals surface area contributed by atoms with E-state index in [0.717, 1.165) is 44.6 Å². The average Bonchev–Trinajstić information content (AvgIpc) is 3.38. The Morgan fingerprint density at radius 2 is 1.35 bits per heavy atom. The number of amides is 2. The molecule has 0 saturated heterocycles. The molecule has 1 aliphatic heterocycles. The second-order valence-electron chi connectivity index (χ2n) is 10.7. The van der Waals surface area contributed by atoms with E-state index in [0.29, 0.717) is 12.0 Å². The third-order valence-corrected chi connectivity index (χ3v) is 7.02. The smallest absolute Gasteiger partial charge is 0.330 e. The maximum absolute atomic E-state index is 12.7. The highest BCUT2D eigenvalue weighted by molar-refractivity contribution is 6.07. The van der Waals surface area contributed by atoms with Crippen molar-refractivity contribution >= 4 is 23.6 Å². The Morgan fingerprint density at radius 3 is 1.87 bits per heavy atom. The molecule has 1 aromatic carbocycles. The highest BCUT2D eigenvalue weighted by Gasteiger charge is 2.43. The van der Waals surface area contributed by atoms with Crippen molar-refractivity contribution in [2.45, 2.75) is 76.9 Å². The Labute approximate surface area is 273 Å². The average molecular weight is 629 g/mol. The molecule has 8 heteroatoms. The van der Waals surface area contributed by atoms with Crippen LogP contribution in [0.25, 0.3) is 0 Å². The predicted octanol–water partition coefficient (Wildman–Crippen LogP) is 6.64. The minimum absolute atomic E-state index is 0.163. The van der Waals surface area contributed by atoms with Crippen LogP contribution in [0.15, 0.2) is 115 Å². The van der Waals surface area contributed by atoms with Crippen LogP contribution in [0.3, 0.4) is 0 Å². The number of methoxy groups -OCH3 is 1. The first-order chi connectivity index (χ1) is 22.3. The first-order valence-corrected chi connectivity index (χ1v) is 15.9. The van der Waals surface area contributed by atoms with E-state index >= 15 is 0 Å². The van der Waals surface area contributed by atoms with Gasteiger partial charge in [-0.25, -0.2) is 4.79 Å². The first-order valence-electron chi connectivity index (χ1n) is 15.9. The summed E-state index contributed by atoms with van der Waals surface area (Å²) in [5.41, 5.74) is -0.698. The molecule has 0 bridgehead atoms. The van der Waals surface area contributed by atoms with Crippen LogP contribution < -0.4 is 10.6 Å². The Morgan fingerprint density at radius 1 is 0.826 bits per heavy atom. The molecule has 1 heterocycles. The number of hydrogen-bond donors (Lipinski definition) is 2. The van der Waals surface area contributed by atoms with Gasteiger partial charge in [-0.05, 0) is 51.9 Å². The summed E-state index contributed by atoms with van der Waals surface area (Å²) in [6, 6.07) is 7.77. The molecule has 1 aliphatic rings. The zero-order valence-electron chi connectivity index (χ0n) is 27.3. The number of rotatable bonds is 20. The maximum Gasteiger partial charge on any atom is 0.330 e. The van der Waals surface area contributed by atoms with Crippen molar-refractivity contribution in [2.24, 2.45) is 0 Å². The Hall–Kier alpha value is -4.72. The highest BCUT2D eigenvalue weighted by Crippen LogP contribution is 2.34. The lowest BCUT2D eigenvalue weighted by Gasteiger charge is -2.24. The SMILES string of the molecule is CC/C=C\C/C=C\C/C=C\C/C=C\C/C=C\CC=CCCC(=O)NC(CNC(=O)C1=CC(=O)C(C)(c2ccccc2)O1)C(=O)OC. The van der Waals surface area contributed by atoms with Crippen molar-refractivity contribution in [3.8, 4) is 0 Å². The molecule has 0 aliphatic carbocycles. The fourth-order valence-electron chi connectivity index (χ4n) is 4.36. The minimum Gasteiger partial charge on any atom is -0.469 e. The van der Waals surface area contributed by atoms with Crippen molar-refractivity contribution in [3.63, 3.8) is 0 Å². The van der Waals surface area contributed by atoms with E-state index in [1.54, 1.807) is 31.2 Å². The standard InChI is InChI=1S/C38H48N2O6/c1-4-5-6-7-8-9-10-11-12-13-14-15-16-17-18-19-20-21-25-28-35(42)40-32(37(44)45-3)30-39-36(43)33-29-34(41)38(2,46-33)31-26-23-22-24-27-31/h5-6,8-9,11-12,14-15,17-18,20-24,26-27,29,32H,4,7,10,13,16,19,25,28,30H2,1-3H3,(H,39,43)(H,40,42)/b6-5-,9-8-,12-11-,15-14-,18-17-,21-20?. The van der Waals surface area contributed by atoms with E-state index in [1.165, 1.54) is 7.11 Å². The molecule has 46 heavy (non-hydrogen) atoms. The number of carbonyl (C=O) groups is 4. The van der Waals surface area contributed by atoms with Gasteiger partial charge in [0.25, 0.3) is 5.91 Å². The van der Waals surface area contributed by atoms with Crippen LogP contribution >= 0.6 is 0 Å². The molecule has 2 atom stereocenters. The summed E-state index contributed by atoms with van der Waals surface area (Å²) in [6.07, 6.45) is 32.8. The van der Waals surface area contributed by atoms with Crippen LogP contribution in [0, 0.1) is 0 Å². The van der Waals surface area contributed by atoms with Gasteiger partial charge in [-0.3, -0.25) is 14.4 Å². The number of nitrogens with one attached hydrogen (secondary N) is 2. The van der Waals surface area contributed by atoms with Gasteiger partial charge in [0.15, 0.2) is 11.4 Å². The molecular weight excluding hydrogens is 580 g/mol. The fraction of sp³-hybridized carbons (Fsp3) is 0.368. The number of hydrogen-bond acceptors (Lipinski definition) is 6. The number of allylic oxidation sites excluding steroid dienone is 12. The second kappa shape index (κ2) is 21.9. The lowest BCUT2D eigenvalue weighted by molar-refractivity contribution is -0.145. The molecule has 1 aromatic rings. The highest BCUT2D eigenvalue weighted by atomic mass is 16.5. The zero-order valence-corrected chi connectivity index (χ0v) is 27.3. The van der Waals surface area contributed by atoms with Crippen LogP contribution in [0.4, 0.5) is 0 Å². The van der Waals surface area contributed by atoms with Gasteiger partial charge in [-0.2, -0.15) is 0 Å². The fourth-order valence-corrected chi connectivity index (χ4v) is 4.36. The second-order valence-corrected chi connectivity index (χ2v) is 10.7. The van der Waals surface area contributed by atoms with E-state index < -0.39 is 23.5 Å². The van der Waals surface area contributed by atoms with E-state index in [4.69, 9.17) is 9.47 Å². The van der Waals surface area contributed by atoms with E-state index in [2.05, 4.69) is 78.3 Å². The number of ketones is 1. The summed E-state index contributed by atoms with van der Waals surface area (Å²) in [4.78, 5) is 50.1. The number of ether oxygens (including phenoxy) is 2. The molecule has 2 N–H and O–H groups in total. The van der Waals surface area contributed by atoms with Gasteiger partial charge in [0.05, 0.1) is 7.11 Å². The monoisotopic (exact) mass is 628 g/mol. The van der Waals surface area contributed by atoms with Gasteiger partial charge in [-0.1, -0.05) is 110 Å². The van der Waals surface area contributed by atoms with E-state index in [1.807, 2.05) is 18.2 Å². The topological polar surface area (TPSA) is 111 Å². The number of benzene rings is 1. The molecule has 0 aromatic heterocycles. The van der Waals surface area contributed by atoms with Gasteiger partial charge in [0, 0.05) is 24.6 Å². The summed E-state index contributed by atoms with van der Waals surface area (Å²) >= 11 is 0. The molecule has 0 fully saturated rings. The summed E-state index contributed by atoms with van der Waals surface area (Å²) in [7, 11) is 1.20. The molecule has 2 unspecified atom stereocenters. The van der Waals surface area contributed by atoms with Crippen LogP contribution in [-0.2, 0) is 34.3 Å². The lowest BCUT2D eigenvalue weighted by atomic mass is 9.92. The number of esters is 1. The summed E-state index contributed by atoms with van der Waals surface area (Å²) < 4.78 is 10.5. The van der Waals surface area contributed by atoms with E-state index in [9.17, 15) is 19.2 Å². The molecule has 0 spiro atoms. The first kappa shape index (κ1) is 37.5. The minimum atomic E-state index is -1.31. The van der Waals surface area contributed by atoms with Gasteiger partial charge in [0.2, 0.25) is 11.7 Å². The molecule has 2 rings (SSSR count). The van der Waals surface area contributed by atoms with Gasteiger partial charge in [-0.15, -0.1) is 0 Å². The van der Waals surface area contributed by atoms with Crippen molar-refractivity contribution in [1.29, 1.82) is 0 Å². The molecule has 2 amide bonds. The summed E-state index contributed by atoms with van der Waals surface area (Å²) in [6.45, 7) is 3.50. The van der Waals surface area contributed by atoms with Crippen LogP contribution in [0.2, 0.25) is 0 Å². The van der Waals surface area contributed by atoms with Crippen LogP contribution in [-0.4, -0.2) is 43.3 Å². The third-order valence-electron chi connectivity index (χ3n) is 7.02. The van der Waals surface area contributed by atoms with Gasteiger partial charge < -0.3 is 20.1 Å². The van der Waals surface area contributed by atoms with Crippen molar-refractivity contribution in [3.05, 3.63) is 121 Å². The Balaban J connectivity index is 1.65.